The Bertz CT molecular complexity index is 1030. The van der Waals surface area contributed by atoms with E-state index in [2.05, 4.69) is 20.3 Å². The summed E-state index contributed by atoms with van der Waals surface area (Å²) in [6.07, 6.45) is 1.01. The van der Waals surface area contributed by atoms with E-state index in [1.54, 1.807) is 19.2 Å². The van der Waals surface area contributed by atoms with Crippen LogP contribution in [0.1, 0.15) is 11.8 Å². The summed E-state index contributed by atoms with van der Waals surface area (Å²) in [7, 11) is 1.62. The van der Waals surface area contributed by atoms with Gasteiger partial charge in [0.2, 0.25) is 23.4 Å². The first kappa shape index (κ1) is 17.2. The fourth-order valence-electron chi connectivity index (χ4n) is 2.50. The number of aromatic nitrogens is 4. The first-order chi connectivity index (χ1) is 13.2. The number of rotatable bonds is 6. The molecule has 0 bridgehead atoms. The number of benzene rings is 2. The van der Waals surface area contributed by atoms with Crippen LogP contribution in [0.15, 0.2) is 57.6 Å². The summed E-state index contributed by atoms with van der Waals surface area (Å²) in [5.74, 6) is 2.83. The summed E-state index contributed by atoms with van der Waals surface area (Å²) in [6.45, 7) is 0. The third-order valence-electron chi connectivity index (χ3n) is 3.94. The fourth-order valence-corrected chi connectivity index (χ4v) is 2.63. The Hall–Kier alpha value is -3.19. The molecule has 4 aromatic rings. The molecule has 4 rings (SSSR count). The van der Waals surface area contributed by atoms with Gasteiger partial charge >= 0.3 is 0 Å². The number of hydrogen-bond donors (Lipinski definition) is 0. The average molecular weight is 383 g/mol. The Kier molecular flexibility index (Phi) is 4.84. The Labute approximate surface area is 159 Å². The maximum Gasteiger partial charge on any atom is 0.227 e. The van der Waals surface area contributed by atoms with Crippen molar-refractivity contribution in [2.45, 2.75) is 12.8 Å². The zero-order chi connectivity index (χ0) is 18.6. The van der Waals surface area contributed by atoms with Gasteiger partial charge in [0.1, 0.15) is 5.75 Å². The molecule has 0 spiro atoms. The predicted octanol–water partition coefficient (Wildman–Crippen LogP) is 4.23. The molecule has 0 amide bonds. The Morgan fingerprint density at radius 2 is 1.26 bits per heavy atom. The minimum Gasteiger partial charge on any atom is -0.497 e. The van der Waals surface area contributed by atoms with E-state index in [-0.39, 0.29) is 0 Å². The van der Waals surface area contributed by atoms with Gasteiger partial charge in [-0.3, -0.25) is 0 Å². The van der Waals surface area contributed by atoms with E-state index in [4.69, 9.17) is 25.4 Å². The molecule has 0 radical (unpaired) electrons. The largest absolute Gasteiger partial charge is 0.497 e. The van der Waals surface area contributed by atoms with E-state index in [9.17, 15) is 0 Å². The second-order valence-corrected chi connectivity index (χ2v) is 6.20. The van der Waals surface area contributed by atoms with Crippen LogP contribution in [0.5, 0.6) is 5.75 Å². The van der Waals surface area contributed by atoms with Gasteiger partial charge in [0.25, 0.3) is 0 Å². The molecular weight excluding hydrogens is 368 g/mol. The molecule has 0 saturated heterocycles. The molecule has 0 atom stereocenters. The molecule has 0 N–H and O–H groups in total. The van der Waals surface area contributed by atoms with Crippen LogP contribution in [-0.4, -0.2) is 27.4 Å². The summed E-state index contributed by atoms with van der Waals surface area (Å²) in [4.78, 5) is 8.79. The summed E-state index contributed by atoms with van der Waals surface area (Å²) in [5.41, 5.74) is 1.70. The zero-order valence-corrected chi connectivity index (χ0v) is 15.2. The number of methoxy groups -OCH3 is 1. The molecular formula is C19H15ClN4O3. The molecule has 7 nitrogen and oxygen atoms in total. The van der Waals surface area contributed by atoms with Gasteiger partial charge in [-0.05, 0) is 48.5 Å². The highest BCUT2D eigenvalue weighted by atomic mass is 35.5. The van der Waals surface area contributed by atoms with Crippen LogP contribution in [0.3, 0.4) is 0 Å². The third kappa shape index (κ3) is 3.98. The highest BCUT2D eigenvalue weighted by molar-refractivity contribution is 6.30. The number of hydrogen-bond acceptors (Lipinski definition) is 7. The minimum atomic E-state index is 0.504. The molecule has 0 aliphatic heterocycles. The van der Waals surface area contributed by atoms with Gasteiger partial charge in [-0.2, -0.15) is 9.97 Å². The van der Waals surface area contributed by atoms with Crippen LogP contribution in [0.25, 0.3) is 22.8 Å². The van der Waals surface area contributed by atoms with Crippen LogP contribution >= 0.6 is 11.6 Å². The second-order valence-electron chi connectivity index (χ2n) is 5.76. The summed E-state index contributed by atoms with van der Waals surface area (Å²) in [6, 6.07) is 14.7. The monoisotopic (exact) mass is 382 g/mol. The highest BCUT2D eigenvalue weighted by Crippen LogP contribution is 2.21. The van der Waals surface area contributed by atoms with Crippen LogP contribution in [0, 0.1) is 0 Å². The van der Waals surface area contributed by atoms with Crippen LogP contribution in [-0.2, 0) is 12.8 Å². The Balaban J connectivity index is 1.40. The zero-order valence-electron chi connectivity index (χ0n) is 14.4. The lowest BCUT2D eigenvalue weighted by molar-refractivity contribution is 0.354. The summed E-state index contributed by atoms with van der Waals surface area (Å²) in [5, 5.41) is 8.66. The molecule has 0 aliphatic carbocycles. The smallest absolute Gasteiger partial charge is 0.227 e. The predicted molar refractivity (Wildman–Crippen MR) is 98.4 cm³/mol. The summed E-state index contributed by atoms with van der Waals surface area (Å²) < 4.78 is 15.7. The van der Waals surface area contributed by atoms with Crippen molar-refractivity contribution in [3.05, 3.63) is 65.3 Å². The molecule has 0 saturated carbocycles. The molecule has 2 aromatic carbocycles. The molecule has 2 aromatic heterocycles. The maximum absolute atomic E-state index is 5.89. The lowest BCUT2D eigenvalue weighted by atomic mass is 10.2. The number of ether oxygens (including phenoxy) is 1. The van der Waals surface area contributed by atoms with Crippen LogP contribution in [0.4, 0.5) is 0 Å². The highest BCUT2D eigenvalue weighted by Gasteiger charge is 2.13. The van der Waals surface area contributed by atoms with E-state index >= 15 is 0 Å². The van der Waals surface area contributed by atoms with Gasteiger partial charge in [-0.15, -0.1) is 0 Å². The van der Waals surface area contributed by atoms with E-state index in [0.717, 1.165) is 16.9 Å². The Morgan fingerprint density at radius 1 is 0.778 bits per heavy atom. The number of aryl methyl sites for hydroxylation is 2. The van der Waals surface area contributed by atoms with E-state index in [1.807, 2.05) is 36.4 Å². The number of nitrogens with zero attached hydrogens (tertiary/aromatic N) is 4. The van der Waals surface area contributed by atoms with Crippen molar-refractivity contribution in [1.29, 1.82) is 0 Å². The summed E-state index contributed by atoms with van der Waals surface area (Å²) >= 11 is 5.89. The van der Waals surface area contributed by atoms with Crippen molar-refractivity contribution in [3.63, 3.8) is 0 Å². The second kappa shape index (κ2) is 7.59. The van der Waals surface area contributed by atoms with Gasteiger partial charge in [0, 0.05) is 29.0 Å². The Morgan fingerprint density at radius 3 is 1.74 bits per heavy atom. The van der Waals surface area contributed by atoms with Gasteiger partial charge in [-0.1, -0.05) is 21.9 Å². The lowest BCUT2D eigenvalue weighted by Crippen LogP contribution is -1.92. The standard InChI is InChI=1S/C19H15ClN4O3/c1-25-15-8-4-13(5-9-15)19-22-17(27-24-19)11-10-16-21-18(23-26-16)12-2-6-14(20)7-3-12/h2-9H,10-11H2,1H3. The van der Waals surface area contributed by atoms with Gasteiger partial charge in [-0.25, -0.2) is 0 Å². The van der Waals surface area contributed by atoms with E-state index in [1.165, 1.54) is 0 Å². The van der Waals surface area contributed by atoms with Crippen molar-refractivity contribution in [3.8, 4) is 28.5 Å². The van der Waals surface area contributed by atoms with Gasteiger partial charge < -0.3 is 13.8 Å². The molecule has 27 heavy (non-hydrogen) atoms. The van der Waals surface area contributed by atoms with Gasteiger partial charge in [0.15, 0.2) is 0 Å². The average Bonchev–Trinajstić information content (AvgIpc) is 3.37. The van der Waals surface area contributed by atoms with E-state index < -0.39 is 0 Å². The quantitative estimate of drug-likeness (QED) is 0.493. The topological polar surface area (TPSA) is 87.1 Å². The normalized spacial score (nSPS) is 10.9. The maximum atomic E-state index is 5.89. The van der Waals surface area contributed by atoms with Crippen molar-refractivity contribution >= 4 is 11.6 Å². The first-order valence-corrected chi connectivity index (χ1v) is 8.64. The van der Waals surface area contributed by atoms with Crippen LogP contribution < -0.4 is 4.74 Å². The lowest BCUT2D eigenvalue weighted by Gasteiger charge is -1.98. The van der Waals surface area contributed by atoms with Crippen molar-refractivity contribution in [1.82, 2.24) is 20.3 Å². The molecule has 2 heterocycles. The van der Waals surface area contributed by atoms with Crippen LogP contribution in [0.2, 0.25) is 5.02 Å². The number of halogens is 1. The van der Waals surface area contributed by atoms with Crippen molar-refractivity contribution in [2.75, 3.05) is 7.11 Å². The van der Waals surface area contributed by atoms with Crippen molar-refractivity contribution in [2.24, 2.45) is 0 Å². The molecule has 8 heteroatoms. The third-order valence-corrected chi connectivity index (χ3v) is 4.19. The first-order valence-electron chi connectivity index (χ1n) is 8.27. The SMILES string of the molecule is COc1ccc(-c2noc(CCc3nc(-c4ccc(Cl)cc4)no3)n2)cc1. The van der Waals surface area contributed by atoms with E-state index in [0.29, 0.717) is 41.3 Å². The molecule has 0 fully saturated rings. The molecule has 0 unspecified atom stereocenters. The fraction of sp³-hybridized carbons (Fsp3) is 0.158. The van der Waals surface area contributed by atoms with Crippen molar-refractivity contribution < 1.29 is 13.8 Å². The minimum absolute atomic E-state index is 0.504. The van der Waals surface area contributed by atoms with Gasteiger partial charge in [0.05, 0.1) is 7.11 Å². The molecule has 0 aliphatic rings. The molecule has 136 valence electrons.